The lowest BCUT2D eigenvalue weighted by molar-refractivity contribution is -0.0127. The van der Waals surface area contributed by atoms with Gasteiger partial charge in [-0.3, -0.25) is 0 Å². The predicted octanol–water partition coefficient (Wildman–Crippen LogP) is 3.57. The van der Waals surface area contributed by atoms with E-state index in [2.05, 4.69) is 0 Å². The Hall–Kier alpha value is -1.02. The topological polar surface area (TPSA) is 40.5 Å². The highest BCUT2D eigenvalue weighted by molar-refractivity contribution is 5.31. The van der Waals surface area contributed by atoms with Gasteiger partial charge in [0.15, 0.2) is 0 Å². The van der Waals surface area contributed by atoms with Gasteiger partial charge < -0.3 is 10.2 Å². The van der Waals surface area contributed by atoms with Crippen molar-refractivity contribution in [3.05, 3.63) is 29.8 Å². The first-order valence-corrected chi connectivity index (χ1v) is 6.62. The van der Waals surface area contributed by atoms with Gasteiger partial charge in [0, 0.05) is 0 Å². The second-order valence-electron chi connectivity index (χ2n) is 5.39. The van der Waals surface area contributed by atoms with E-state index in [4.69, 9.17) is 0 Å². The average molecular weight is 234 g/mol. The van der Waals surface area contributed by atoms with Crippen LogP contribution < -0.4 is 0 Å². The SMILES string of the molecule is CC(O)(c1cccc(O)c1)C1CCCCCC1. The molecule has 1 aliphatic rings. The van der Waals surface area contributed by atoms with Crippen LogP contribution >= 0.6 is 0 Å². The second-order valence-corrected chi connectivity index (χ2v) is 5.39. The molecular weight excluding hydrogens is 212 g/mol. The zero-order valence-electron chi connectivity index (χ0n) is 10.5. The van der Waals surface area contributed by atoms with Gasteiger partial charge in [-0.1, -0.05) is 37.8 Å². The molecule has 2 rings (SSSR count). The summed E-state index contributed by atoms with van der Waals surface area (Å²) in [6.45, 7) is 1.89. The van der Waals surface area contributed by atoms with Gasteiger partial charge in [0.25, 0.3) is 0 Å². The number of phenols is 1. The molecule has 1 saturated carbocycles. The molecule has 94 valence electrons. The van der Waals surface area contributed by atoms with Gasteiger partial charge in [0.2, 0.25) is 0 Å². The van der Waals surface area contributed by atoms with Crippen LogP contribution in [-0.2, 0) is 5.60 Å². The fraction of sp³-hybridized carbons (Fsp3) is 0.600. The molecule has 17 heavy (non-hydrogen) atoms. The van der Waals surface area contributed by atoms with E-state index in [0.717, 1.165) is 18.4 Å². The van der Waals surface area contributed by atoms with Crippen molar-refractivity contribution in [2.24, 2.45) is 5.92 Å². The lowest BCUT2D eigenvalue weighted by atomic mass is 9.78. The predicted molar refractivity (Wildman–Crippen MR) is 68.9 cm³/mol. The molecule has 2 heteroatoms. The van der Waals surface area contributed by atoms with Crippen LogP contribution in [-0.4, -0.2) is 10.2 Å². The molecule has 0 heterocycles. The van der Waals surface area contributed by atoms with E-state index >= 15 is 0 Å². The summed E-state index contributed by atoms with van der Waals surface area (Å²) in [6, 6.07) is 7.04. The summed E-state index contributed by atoms with van der Waals surface area (Å²) in [5, 5.41) is 20.3. The van der Waals surface area contributed by atoms with E-state index < -0.39 is 5.60 Å². The Bertz CT molecular complexity index is 363. The van der Waals surface area contributed by atoms with Crippen LogP contribution in [0, 0.1) is 5.92 Å². The largest absolute Gasteiger partial charge is 0.508 e. The van der Waals surface area contributed by atoms with Crippen molar-refractivity contribution in [1.82, 2.24) is 0 Å². The number of aromatic hydroxyl groups is 1. The molecule has 0 bridgehead atoms. The molecule has 0 aliphatic heterocycles. The molecule has 2 nitrogen and oxygen atoms in total. The molecule has 1 unspecified atom stereocenters. The van der Waals surface area contributed by atoms with Crippen molar-refractivity contribution in [3.63, 3.8) is 0 Å². The molecule has 0 aromatic heterocycles. The number of hydrogen-bond acceptors (Lipinski definition) is 2. The molecule has 0 saturated heterocycles. The standard InChI is InChI=1S/C15H22O2/c1-15(17,12-7-4-2-3-5-8-12)13-9-6-10-14(16)11-13/h6,9-12,16-17H,2-5,7-8H2,1H3. The summed E-state index contributed by atoms with van der Waals surface area (Å²) in [5.41, 5.74) is 0.0210. The summed E-state index contributed by atoms with van der Waals surface area (Å²) in [7, 11) is 0. The molecular formula is C15H22O2. The number of benzene rings is 1. The van der Waals surface area contributed by atoms with Crippen molar-refractivity contribution in [1.29, 1.82) is 0 Å². The number of phenolic OH excluding ortho intramolecular Hbond substituents is 1. The maximum atomic E-state index is 10.7. The quantitative estimate of drug-likeness (QED) is 0.768. The highest BCUT2D eigenvalue weighted by atomic mass is 16.3. The molecule has 0 amide bonds. The third-order valence-corrected chi connectivity index (χ3v) is 4.08. The first-order chi connectivity index (χ1) is 8.10. The van der Waals surface area contributed by atoms with Crippen LogP contribution in [0.15, 0.2) is 24.3 Å². The van der Waals surface area contributed by atoms with Gasteiger partial charge in [0.05, 0.1) is 5.60 Å². The Labute approximate surface area is 103 Å². The summed E-state index contributed by atoms with van der Waals surface area (Å²) in [5.74, 6) is 0.545. The Morgan fingerprint density at radius 3 is 2.35 bits per heavy atom. The summed E-state index contributed by atoms with van der Waals surface area (Å²) < 4.78 is 0. The molecule has 0 radical (unpaired) electrons. The minimum Gasteiger partial charge on any atom is -0.508 e. The minimum atomic E-state index is -0.816. The molecule has 1 atom stereocenters. The van der Waals surface area contributed by atoms with Crippen LogP contribution in [0.25, 0.3) is 0 Å². The van der Waals surface area contributed by atoms with Gasteiger partial charge >= 0.3 is 0 Å². The Kier molecular flexibility index (Phi) is 3.72. The van der Waals surface area contributed by atoms with E-state index in [0.29, 0.717) is 5.92 Å². The maximum Gasteiger partial charge on any atom is 0.115 e. The van der Waals surface area contributed by atoms with Gasteiger partial charge in [-0.15, -0.1) is 0 Å². The highest BCUT2D eigenvalue weighted by Gasteiger charge is 2.33. The number of rotatable bonds is 2. The number of hydrogen-bond donors (Lipinski definition) is 2. The molecule has 1 aliphatic carbocycles. The van der Waals surface area contributed by atoms with Gasteiger partial charge in [-0.25, -0.2) is 0 Å². The van der Waals surface area contributed by atoms with Crippen molar-refractivity contribution >= 4 is 0 Å². The smallest absolute Gasteiger partial charge is 0.115 e. The third kappa shape index (κ3) is 2.81. The summed E-state index contributed by atoms with van der Waals surface area (Å²) >= 11 is 0. The van der Waals surface area contributed by atoms with E-state index in [1.165, 1.54) is 25.7 Å². The van der Waals surface area contributed by atoms with Crippen LogP contribution in [0.1, 0.15) is 51.0 Å². The summed E-state index contributed by atoms with van der Waals surface area (Å²) in [4.78, 5) is 0. The van der Waals surface area contributed by atoms with Crippen molar-refractivity contribution < 1.29 is 10.2 Å². The van der Waals surface area contributed by atoms with Gasteiger partial charge in [-0.05, 0) is 43.4 Å². The lowest BCUT2D eigenvalue weighted by Crippen LogP contribution is -2.31. The molecule has 1 aromatic rings. The maximum absolute atomic E-state index is 10.7. The van der Waals surface area contributed by atoms with E-state index in [1.807, 2.05) is 13.0 Å². The molecule has 1 aromatic carbocycles. The Morgan fingerprint density at radius 2 is 1.76 bits per heavy atom. The zero-order chi connectivity index (χ0) is 12.3. The number of aliphatic hydroxyl groups is 1. The van der Waals surface area contributed by atoms with Gasteiger partial charge in [-0.2, -0.15) is 0 Å². The first kappa shape index (κ1) is 12.4. The van der Waals surface area contributed by atoms with Crippen LogP contribution in [0.3, 0.4) is 0 Å². The van der Waals surface area contributed by atoms with Crippen LogP contribution in [0.2, 0.25) is 0 Å². The minimum absolute atomic E-state index is 0.233. The summed E-state index contributed by atoms with van der Waals surface area (Å²) in [6.07, 6.45) is 7.16. The first-order valence-electron chi connectivity index (χ1n) is 6.62. The zero-order valence-corrected chi connectivity index (χ0v) is 10.5. The van der Waals surface area contributed by atoms with E-state index in [-0.39, 0.29) is 5.75 Å². The Morgan fingerprint density at radius 1 is 1.12 bits per heavy atom. The fourth-order valence-electron chi connectivity index (χ4n) is 2.90. The van der Waals surface area contributed by atoms with Crippen molar-refractivity contribution in [3.8, 4) is 5.75 Å². The molecule has 0 spiro atoms. The Balaban J connectivity index is 2.21. The molecule has 2 N–H and O–H groups in total. The van der Waals surface area contributed by atoms with Crippen LogP contribution in [0.4, 0.5) is 0 Å². The normalized spacial score (nSPS) is 21.8. The van der Waals surface area contributed by atoms with Crippen LogP contribution in [0.5, 0.6) is 5.75 Å². The monoisotopic (exact) mass is 234 g/mol. The second kappa shape index (κ2) is 5.09. The van der Waals surface area contributed by atoms with Crippen molar-refractivity contribution in [2.75, 3.05) is 0 Å². The lowest BCUT2D eigenvalue weighted by Gasteiger charge is -2.33. The average Bonchev–Trinajstić information content (AvgIpc) is 2.58. The third-order valence-electron chi connectivity index (χ3n) is 4.08. The van der Waals surface area contributed by atoms with Gasteiger partial charge in [0.1, 0.15) is 5.75 Å². The fourth-order valence-corrected chi connectivity index (χ4v) is 2.90. The molecule has 1 fully saturated rings. The van der Waals surface area contributed by atoms with Crippen molar-refractivity contribution in [2.45, 2.75) is 51.0 Å². The van der Waals surface area contributed by atoms with E-state index in [9.17, 15) is 10.2 Å². The van der Waals surface area contributed by atoms with E-state index in [1.54, 1.807) is 18.2 Å². The highest BCUT2D eigenvalue weighted by Crippen LogP contribution is 2.38.